The predicted octanol–water partition coefficient (Wildman–Crippen LogP) is 0.0301. The Morgan fingerprint density at radius 3 is 0.933 bits per heavy atom. The summed E-state index contributed by atoms with van der Waals surface area (Å²) in [5.74, 6) is -6.52. The summed E-state index contributed by atoms with van der Waals surface area (Å²) in [6.07, 6.45) is 0. The molecule has 12 heteroatoms. The topological polar surface area (TPSA) is 68.3 Å². The van der Waals surface area contributed by atoms with Gasteiger partial charge in [0.25, 0.3) is 0 Å². The number of hydrogen-bond acceptors (Lipinski definition) is 4. The van der Waals surface area contributed by atoms with Crippen LogP contribution in [0.25, 0.3) is 0 Å². The molecule has 0 saturated carbocycles. The zero-order valence-corrected chi connectivity index (χ0v) is 8.08. The highest BCUT2D eigenvalue weighted by atomic mass is 32.2. The third-order valence-corrected chi connectivity index (χ3v) is 2.69. The van der Waals surface area contributed by atoms with Gasteiger partial charge in [0.15, 0.2) is 0 Å². The molecule has 0 unspecified atom stereocenters. The second-order valence-corrected chi connectivity index (χ2v) is 4.32. The van der Waals surface area contributed by atoms with Crippen LogP contribution in [-0.4, -0.2) is 33.3 Å². The van der Waals surface area contributed by atoms with Crippen LogP contribution in [0.3, 0.4) is 0 Å². The van der Waals surface area contributed by atoms with E-state index in [0.29, 0.717) is 0 Å². The molecule has 0 aromatic rings. The number of halogens is 6. The summed E-state index contributed by atoms with van der Waals surface area (Å²) in [6, 6.07) is 0. The molecule has 0 fully saturated rings. The summed E-state index contributed by atoms with van der Waals surface area (Å²) >= 11 is 0. The number of hydrogen-bond donors (Lipinski definition) is 2. The van der Waals surface area contributed by atoms with Crippen LogP contribution in [0.1, 0.15) is 0 Å². The Hall–Kier alpha value is -0.520. The van der Waals surface area contributed by atoms with Gasteiger partial charge < -0.3 is 0 Å². The number of alkyl halides is 6. The van der Waals surface area contributed by atoms with Crippen molar-refractivity contribution in [2.75, 3.05) is 0 Å². The first-order valence-corrected chi connectivity index (χ1v) is 5.17. The van der Waals surface area contributed by atoms with Crippen molar-refractivity contribution in [3.05, 3.63) is 0 Å². The Morgan fingerprint density at radius 1 is 0.600 bits per heavy atom. The average molecular weight is 280 g/mol. The molecule has 0 aliphatic rings. The van der Waals surface area contributed by atoms with Crippen LogP contribution in [0.2, 0.25) is 0 Å². The molecular weight excluding hydrogens is 278 g/mol. The predicted molar refractivity (Wildman–Crippen MR) is 35.5 cm³/mol. The van der Waals surface area contributed by atoms with Crippen LogP contribution in [-0.2, 0) is 21.4 Å². The summed E-state index contributed by atoms with van der Waals surface area (Å²) in [4.78, 5) is 0. The van der Waals surface area contributed by atoms with E-state index in [1.807, 2.05) is 0 Å². The van der Waals surface area contributed by atoms with Crippen LogP contribution in [0.4, 0.5) is 26.3 Å². The van der Waals surface area contributed by atoms with Gasteiger partial charge in [0, 0.05) is 0 Å². The van der Waals surface area contributed by atoms with E-state index in [2.05, 4.69) is 0 Å². The third kappa shape index (κ3) is 2.04. The first kappa shape index (κ1) is 14.5. The SMILES string of the molecule is O=[SH](=O)C(F)(F)C(F)(F)C(F)(F)[SH](=O)=O. The van der Waals surface area contributed by atoms with Crippen LogP contribution in [0, 0.1) is 0 Å². The van der Waals surface area contributed by atoms with E-state index in [-0.39, 0.29) is 0 Å². The minimum absolute atomic E-state index is 5.25. The zero-order chi connectivity index (χ0) is 12.7. The van der Waals surface area contributed by atoms with Gasteiger partial charge in [0.1, 0.15) is 0 Å². The second kappa shape index (κ2) is 3.81. The Bertz CT molecular complexity index is 343. The van der Waals surface area contributed by atoms with E-state index in [9.17, 15) is 43.2 Å². The largest absolute Gasteiger partial charge is 0.412 e. The molecule has 0 amide bonds. The van der Waals surface area contributed by atoms with Gasteiger partial charge in [0.05, 0.1) is 0 Å². The van der Waals surface area contributed by atoms with Gasteiger partial charge in [-0.25, -0.2) is 16.8 Å². The normalized spacial score (nSPS) is 14.9. The molecule has 0 aliphatic carbocycles. The monoisotopic (exact) mass is 280 g/mol. The average Bonchev–Trinajstić information content (AvgIpc) is 2.02. The Balaban J connectivity index is 5.71. The molecule has 0 radical (unpaired) electrons. The first-order valence-electron chi connectivity index (χ1n) is 2.81. The summed E-state index contributed by atoms with van der Waals surface area (Å²) in [6.45, 7) is 0. The van der Waals surface area contributed by atoms with Crippen molar-refractivity contribution in [2.24, 2.45) is 0 Å². The second-order valence-electron chi connectivity index (χ2n) is 2.17. The maximum absolute atomic E-state index is 12.2. The summed E-state index contributed by atoms with van der Waals surface area (Å²) < 4.78 is 111. The molecule has 0 aromatic carbocycles. The van der Waals surface area contributed by atoms with Crippen molar-refractivity contribution >= 4 is 21.4 Å². The summed E-state index contributed by atoms with van der Waals surface area (Å²) in [7, 11) is -10.5. The molecule has 0 aliphatic heterocycles. The van der Waals surface area contributed by atoms with Gasteiger partial charge in [0.2, 0.25) is 21.4 Å². The zero-order valence-electron chi connectivity index (χ0n) is 6.30. The Labute approximate surface area is 81.8 Å². The van der Waals surface area contributed by atoms with Gasteiger partial charge >= 0.3 is 16.4 Å². The Morgan fingerprint density at radius 2 is 0.800 bits per heavy atom. The minimum Gasteiger partial charge on any atom is -0.225 e. The molecule has 0 atom stereocenters. The van der Waals surface area contributed by atoms with Crippen LogP contribution in [0.5, 0.6) is 0 Å². The maximum Gasteiger partial charge on any atom is 0.412 e. The van der Waals surface area contributed by atoms with Gasteiger partial charge in [-0.05, 0) is 0 Å². The lowest BCUT2D eigenvalue weighted by Crippen LogP contribution is -2.55. The van der Waals surface area contributed by atoms with Crippen LogP contribution in [0.15, 0.2) is 0 Å². The lowest BCUT2D eigenvalue weighted by molar-refractivity contribution is -0.241. The standard InChI is InChI=1S/C3H2F6O4S2/c4-1(5,2(6,7)14(10)11)3(8,9)15(12)13/h14-15H. The molecule has 0 bridgehead atoms. The molecule has 0 N–H and O–H groups in total. The molecular formula is C3H2F6O4S2. The molecule has 0 saturated heterocycles. The van der Waals surface area contributed by atoms with E-state index in [1.54, 1.807) is 0 Å². The van der Waals surface area contributed by atoms with E-state index >= 15 is 0 Å². The Kier molecular flexibility index (Phi) is 3.68. The van der Waals surface area contributed by atoms with Gasteiger partial charge in [-0.3, -0.25) is 0 Å². The molecule has 0 rings (SSSR count). The quantitative estimate of drug-likeness (QED) is 0.563. The van der Waals surface area contributed by atoms with Gasteiger partial charge in [-0.1, -0.05) is 0 Å². The van der Waals surface area contributed by atoms with Crippen molar-refractivity contribution in [3.63, 3.8) is 0 Å². The molecule has 0 heterocycles. The molecule has 92 valence electrons. The van der Waals surface area contributed by atoms with Crippen molar-refractivity contribution in [1.82, 2.24) is 0 Å². The first-order chi connectivity index (χ1) is 6.39. The van der Waals surface area contributed by atoms with Crippen molar-refractivity contribution in [2.45, 2.75) is 16.4 Å². The fourth-order valence-corrected chi connectivity index (χ4v) is 1.24. The highest BCUT2D eigenvalue weighted by molar-refractivity contribution is 7.74. The smallest absolute Gasteiger partial charge is 0.225 e. The minimum atomic E-state index is -6.52. The highest BCUT2D eigenvalue weighted by Gasteiger charge is 2.75. The summed E-state index contributed by atoms with van der Waals surface area (Å²) in [5.41, 5.74) is 0. The van der Waals surface area contributed by atoms with E-state index in [1.165, 1.54) is 0 Å². The molecule has 15 heavy (non-hydrogen) atoms. The number of rotatable bonds is 4. The fraction of sp³-hybridized carbons (Fsp3) is 1.00. The highest BCUT2D eigenvalue weighted by Crippen LogP contribution is 2.46. The van der Waals surface area contributed by atoms with E-state index in [0.717, 1.165) is 0 Å². The van der Waals surface area contributed by atoms with Gasteiger partial charge in [-0.15, -0.1) is 0 Å². The van der Waals surface area contributed by atoms with Crippen molar-refractivity contribution in [1.29, 1.82) is 0 Å². The van der Waals surface area contributed by atoms with Gasteiger partial charge in [-0.2, -0.15) is 26.3 Å². The fourth-order valence-electron chi connectivity index (χ4n) is 0.410. The van der Waals surface area contributed by atoms with Crippen LogP contribution >= 0.6 is 0 Å². The van der Waals surface area contributed by atoms with E-state index < -0.39 is 37.8 Å². The summed E-state index contributed by atoms with van der Waals surface area (Å²) in [5, 5.41) is -12.3. The lowest BCUT2D eigenvalue weighted by Gasteiger charge is -2.25. The third-order valence-electron chi connectivity index (χ3n) is 1.21. The number of thiol groups is 2. The van der Waals surface area contributed by atoms with Crippen LogP contribution < -0.4 is 0 Å². The van der Waals surface area contributed by atoms with Crippen molar-refractivity contribution in [3.8, 4) is 0 Å². The molecule has 0 aromatic heterocycles. The lowest BCUT2D eigenvalue weighted by atomic mass is 10.3. The molecule has 4 nitrogen and oxygen atoms in total. The maximum atomic E-state index is 12.2. The molecule has 0 spiro atoms. The van der Waals surface area contributed by atoms with E-state index in [4.69, 9.17) is 0 Å². The van der Waals surface area contributed by atoms with Crippen molar-refractivity contribution < 1.29 is 43.2 Å².